The summed E-state index contributed by atoms with van der Waals surface area (Å²) in [6, 6.07) is 11.0. The smallest absolute Gasteiger partial charge is 0.207 e. The molecule has 0 aromatic heterocycles. The van der Waals surface area contributed by atoms with Gasteiger partial charge in [0.25, 0.3) is 0 Å². The largest absolute Gasteiger partial charge is 0.218 e. The van der Waals surface area contributed by atoms with Crippen LogP contribution >= 0.6 is 0 Å². The van der Waals surface area contributed by atoms with Crippen molar-refractivity contribution in [3.05, 3.63) is 70.8 Å². The molecule has 0 saturated carbocycles. The highest BCUT2D eigenvalue weighted by atomic mass is 32.2. The molecule has 2 rings (SSSR count). The van der Waals surface area contributed by atoms with E-state index in [0.717, 1.165) is 35.1 Å². The van der Waals surface area contributed by atoms with Gasteiger partial charge in [-0.2, -0.15) is 0 Å². The predicted octanol–water partition coefficient (Wildman–Crippen LogP) is 5.98. The Morgan fingerprint density at radius 3 is 1.52 bits per heavy atom. The third kappa shape index (κ3) is 4.49. The number of sulfone groups is 1. The first kappa shape index (κ1) is 19.2. The topological polar surface area (TPSA) is 34.1 Å². The highest BCUT2D eigenvalue weighted by Crippen LogP contribution is 2.29. The normalized spacial score (nSPS) is 12.3. The van der Waals surface area contributed by atoms with E-state index in [2.05, 4.69) is 0 Å². The number of benzene rings is 2. The van der Waals surface area contributed by atoms with Crippen LogP contribution in [0.25, 0.3) is 12.2 Å². The molecule has 0 atom stereocenters. The molecule has 2 aromatic carbocycles. The Morgan fingerprint density at radius 2 is 1.16 bits per heavy atom. The van der Waals surface area contributed by atoms with Crippen LogP contribution in [0, 0.1) is 13.8 Å². The van der Waals surface area contributed by atoms with E-state index in [1.165, 1.54) is 0 Å². The van der Waals surface area contributed by atoms with Gasteiger partial charge >= 0.3 is 0 Å². The molecule has 132 valence electrons. The quantitative estimate of drug-likeness (QED) is 0.639. The van der Waals surface area contributed by atoms with Gasteiger partial charge in [-0.3, -0.25) is 0 Å². The zero-order valence-electron chi connectivity index (χ0n) is 15.4. The lowest BCUT2D eigenvalue weighted by atomic mass is 10.1. The van der Waals surface area contributed by atoms with Gasteiger partial charge in [-0.05, 0) is 49.9 Å². The van der Waals surface area contributed by atoms with E-state index >= 15 is 0 Å². The summed E-state index contributed by atoms with van der Waals surface area (Å²) in [4.78, 5) is 0.718. The van der Waals surface area contributed by atoms with E-state index in [4.69, 9.17) is 0 Å². The fourth-order valence-electron chi connectivity index (χ4n) is 2.69. The summed E-state index contributed by atoms with van der Waals surface area (Å²) in [5, 5.41) is 0. The van der Waals surface area contributed by atoms with Crippen LogP contribution < -0.4 is 0 Å². The minimum atomic E-state index is -3.60. The maximum absolute atomic E-state index is 13.4. The molecule has 3 heteroatoms. The molecular formula is C22H26O2S. The van der Waals surface area contributed by atoms with Gasteiger partial charge in [-0.25, -0.2) is 8.42 Å². The van der Waals surface area contributed by atoms with Crippen molar-refractivity contribution in [1.29, 1.82) is 0 Å². The number of hydrogen-bond donors (Lipinski definition) is 0. The summed E-state index contributed by atoms with van der Waals surface area (Å²) in [5.74, 6) is 0. The van der Waals surface area contributed by atoms with Gasteiger partial charge in [0, 0.05) is 0 Å². The standard InChI is InChI=1S/C22H26O2S/c1-5-7-9-19-15-17(3)11-13-21(19)25(23,24)22-14-12-18(4)16-20(22)10-8-6-2/h7-16H,5-6H2,1-4H3/b9-7+,10-8+. The SMILES string of the molecule is CC/C=C/c1cc(C)ccc1S(=O)(=O)c1ccc(C)cc1/C=C/CC. The minimum Gasteiger partial charge on any atom is -0.218 e. The third-order valence-corrected chi connectivity index (χ3v) is 5.88. The molecule has 0 fully saturated rings. The lowest BCUT2D eigenvalue weighted by Crippen LogP contribution is -2.06. The third-order valence-electron chi connectivity index (χ3n) is 3.98. The van der Waals surface area contributed by atoms with Crippen LogP contribution in [-0.2, 0) is 9.84 Å². The first-order chi connectivity index (χ1) is 11.9. The fraction of sp³-hybridized carbons (Fsp3) is 0.273. The second-order valence-electron chi connectivity index (χ2n) is 6.21. The van der Waals surface area contributed by atoms with E-state index in [0.29, 0.717) is 9.79 Å². The zero-order valence-corrected chi connectivity index (χ0v) is 16.2. The van der Waals surface area contributed by atoms with Crippen LogP contribution in [0.5, 0.6) is 0 Å². The molecule has 0 amide bonds. The Labute approximate surface area is 151 Å². The lowest BCUT2D eigenvalue weighted by molar-refractivity contribution is 0.595. The van der Waals surface area contributed by atoms with Gasteiger partial charge < -0.3 is 0 Å². The van der Waals surface area contributed by atoms with Gasteiger partial charge in [0.1, 0.15) is 0 Å². The van der Waals surface area contributed by atoms with E-state index in [1.807, 2.05) is 76.3 Å². The van der Waals surface area contributed by atoms with E-state index in [-0.39, 0.29) is 0 Å². The second-order valence-corrected chi connectivity index (χ2v) is 8.09. The monoisotopic (exact) mass is 354 g/mol. The van der Waals surface area contributed by atoms with Crippen LogP contribution in [0.4, 0.5) is 0 Å². The highest BCUT2D eigenvalue weighted by Gasteiger charge is 2.23. The van der Waals surface area contributed by atoms with Crippen LogP contribution in [0.2, 0.25) is 0 Å². The van der Waals surface area contributed by atoms with Crippen molar-refractivity contribution in [2.24, 2.45) is 0 Å². The summed E-state index contributed by atoms with van der Waals surface area (Å²) in [5.41, 5.74) is 3.58. The molecule has 0 spiro atoms. The Morgan fingerprint density at radius 1 is 0.760 bits per heavy atom. The molecule has 0 aliphatic heterocycles. The molecule has 0 heterocycles. The fourth-order valence-corrected chi connectivity index (χ4v) is 4.30. The molecule has 2 aromatic rings. The molecule has 0 radical (unpaired) electrons. The first-order valence-corrected chi connectivity index (χ1v) is 10.2. The Balaban J connectivity index is 2.68. The van der Waals surface area contributed by atoms with Crippen molar-refractivity contribution >= 4 is 22.0 Å². The summed E-state index contributed by atoms with van der Waals surface area (Å²) in [6.07, 6.45) is 9.50. The van der Waals surface area contributed by atoms with Gasteiger partial charge in [-0.1, -0.05) is 73.5 Å². The van der Waals surface area contributed by atoms with Gasteiger partial charge in [0.15, 0.2) is 0 Å². The molecule has 0 bridgehead atoms. The number of hydrogen-bond acceptors (Lipinski definition) is 2. The van der Waals surface area contributed by atoms with Crippen molar-refractivity contribution in [3.63, 3.8) is 0 Å². The molecule has 0 saturated heterocycles. The molecule has 0 N–H and O–H groups in total. The molecule has 0 unspecified atom stereocenters. The summed E-state index contributed by atoms with van der Waals surface area (Å²) in [6.45, 7) is 8.02. The molecule has 25 heavy (non-hydrogen) atoms. The Bertz CT molecular complexity index is 834. The molecule has 2 nitrogen and oxygen atoms in total. The van der Waals surface area contributed by atoms with E-state index in [9.17, 15) is 8.42 Å². The van der Waals surface area contributed by atoms with Crippen molar-refractivity contribution in [2.75, 3.05) is 0 Å². The predicted molar refractivity (Wildman–Crippen MR) is 106 cm³/mol. The lowest BCUT2D eigenvalue weighted by Gasteiger charge is -2.12. The van der Waals surface area contributed by atoms with Crippen LogP contribution in [0.1, 0.15) is 48.9 Å². The minimum absolute atomic E-state index is 0.359. The van der Waals surface area contributed by atoms with Gasteiger partial charge in [0.05, 0.1) is 9.79 Å². The average Bonchev–Trinajstić information content (AvgIpc) is 2.57. The van der Waals surface area contributed by atoms with Crippen LogP contribution in [0.15, 0.2) is 58.3 Å². The van der Waals surface area contributed by atoms with Crippen LogP contribution in [-0.4, -0.2) is 8.42 Å². The highest BCUT2D eigenvalue weighted by molar-refractivity contribution is 7.91. The number of aryl methyl sites for hydroxylation is 2. The summed E-state index contributed by atoms with van der Waals surface area (Å²) < 4.78 is 26.7. The first-order valence-electron chi connectivity index (χ1n) is 8.69. The second kappa shape index (κ2) is 8.30. The molecule has 0 aliphatic rings. The van der Waals surface area contributed by atoms with Crippen molar-refractivity contribution in [3.8, 4) is 0 Å². The Hall–Kier alpha value is -2.13. The van der Waals surface area contributed by atoms with Gasteiger partial charge in [-0.15, -0.1) is 0 Å². The van der Waals surface area contributed by atoms with E-state index in [1.54, 1.807) is 12.1 Å². The molecular weight excluding hydrogens is 328 g/mol. The van der Waals surface area contributed by atoms with Gasteiger partial charge in [0.2, 0.25) is 9.84 Å². The average molecular weight is 355 g/mol. The zero-order chi connectivity index (χ0) is 18.4. The number of rotatable bonds is 6. The number of allylic oxidation sites excluding steroid dienone is 2. The molecule has 0 aliphatic carbocycles. The van der Waals surface area contributed by atoms with Crippen LogP contribution in [0.3, 0.4) is 0 Å². The maximum Gasteiger partial charge on any atom is 0.207 e. The van der Waals surface area contributed by atoms with Crippen molar-refractivity contribution in [1.82, 2.24) is 0 Å². The summed E-state index contributed by atoms with van der Waals surface area (Å²) >= 11 is 0. The van der Waals surface area contributed by atoms with Crippen molar-refractivity contribution in [2.45, 2.75) is 50.3 Å². The van der Waals surface area contributed by atoms with E-state index < -0.39 is 9.84 Å². The summed E-state index contributed by atoms with van der Waals surface area (Å²) in [7, 11) is -3.60. The maximum atomic E-state index is 13.4. The Kier molecular flexibility index (Phi) is 6.38. The van der Waals surface area contributed by atoms with Crippen molar-refractivity contribution < 1.29 is 8.42 Å².